The highest BCUT2D eigenvalue weighted by Gasteiger charge is 2.10. The van der Waals surface area contributed by atoms with Crippen LogP contribution < -0.4 is 10.5 Å². The number of sulfonamides is 1. The second-order valence-electron chi connectivity index (χ2n) is 4.80. The van der Waals surface area contributed by atoms with Crippen LogP contribution in [0.4, 0.5) is 5.69 Å². The Labute approximate surface area is 127 Å². The minimum Gasteiger partial charge on any atom is -0.361 e. The molecule has 0 fully saturated rings. The Morgan fingerprint density at radius 2 is 1.77 bits per heavy atom. The lowest BCUT2D eigenvalue weighted by molar-refractivity contribution is 0.102. The number of benzene rings is 2. The minimum atomic E-state index is -3.73. The normalized spacial score (nSPS) is 11.5. The van der Waals surface area contributed by atoms with Crippen molar-refractivity contribution in [2.24, 2.45) is 5.14 Å². The standard InChI is InChI=1S/C15H13N3O3S/c16-22(20,21)13-4-2-12(3-5-13)18-15(19)11-1-6-14-10(9-11)7-8-17-14/h1-9,17H,(H,18,19)(H2,16,20,21). The lowest BCUT2D eigenvalue weighted by Gasteiger charge is -2.06. The summed E-state index contributed by atoms with van der Waals surface area (Å²) in [5.41, 5.74) is 1.96. The Bertz CT molecular complexity index is 944. The van der Waals surface area contributed by atoms with Crippen LogP contribution in [0, 0.1) is 0 Å². The SMILES string of the molecule is NS(=O)(=O)c1ccc(NC(=O)c2ccc3[nH]ccc3c2)cc1. The third-order valence-corrected chi connectivity index (χ3v) is 4.19. The van der Waals surface area contributed by atoms with Crippen LogP contribution in [0.15, 0.2) is 59.6 Å². The third kappa shape index (κ3) is 2.85. The molecule has 0 radical (unpaired) electrons. The molecule has 1 aromatic heterocycles. The van der Waals surface area contributed by atoms with Crippen molar-refractivity contribution in [3.63, 3.8) is 0 Å². The fourth-order valence-corrected chi connectivity index (χ4v) is 2.64. The highest BCUT2D eigenvalue weighted by atomic mass is 32.2. The molecule has 0 bridgehead atoms. The van der Waals surface area contributed by atoms with Crippen molar-refractivity contribution >= 4 is 32.5 Å². The van der Waals surface area contributed by atoms with Gasteiger partial charge in [-0.25, -0.2) is 13.6 Å². The van der Waals surface area contributed by atoms with Gasteiger partial charge in [0.2, 0.25) is 10.0 Å². The Balaban J connectivity index is 1.81. The number of aromatic nitrogens is 1. The molecule has 7 heteroatoms. The second-order valence-corrected chi connectivity index (χ2v) is 6.36. The zero-order chi connectivity index (χ0) is 15.7. The monoisotopic (exact) mass is 315 g/mol. The average Bonchev–Trinajstić information content (AvgIpc) is 2.94. The largest absolute Gasteiger partial charge is 0.361 e. The van der Waals surface area contributed by atoms with Crippen LogP contribution in [0.3, 0.4) is 0 Å². The summed E-state index contributed by atoms with van der Waals surface area (Å²) in [4.78, 5) is 15.3. The number of hydrogen-bond acceptors (Lipinski definition) is 3. The minimum absolute atomic E-state index is 0.000702. The second kappa shape index (κ2) is 5.28. The van der Waals surface area contributed by atoms with E-state index in [4.69, 9.17) is 5.14 Å². The molecule has 3 rings (SSSR count). The summed E-state index contributed by atoms with van der Waals surface area (Å²) >= 11 is 0. The Morgan fingerprint density at radius 1 is 1.05 bits per heavy atom. The molecule has 0 aliphatic heterocycles. The first-order valence-electron chi connectivity index (χ1n) is 6.45. The van der Waals surface area contributed by atoms with Gasteiger partial charge in [0.1, 0.15) is 0 Å². The molecule has 3 aromatic rings. The molecule has 1 amide bonds. The first kappa shape index (κ1) is 14.3. The molecule has 2 aromatic carbocycles. The quantitative estimate of drug-likeness (QED) is 0.689. The van der Waals surface area contributed by atoms with Crippen LogP contribution in [0.1, 0.15) is 10.4 Å². The van der Waals surface area contributed by atoms with Crippen molar-refractivity contribution in [3.8, 4) is 0 Å². The van der Waals surface area contributed by atoms with Gasteiger partial charge in [0, 0.05) is 28.4 Å². The van der Waals surface area contributed by atoms with E-state index in [1.54, 1.807) is 18.3 Å². The molecule has 0 aliphatic rings. The average molecular weight is 315 g/mol. The highest BCUT2D eigenvalue weighted by Crippen LogP contribution is 2.17. The number of amides is 1. The predicted octanol–water partition coefficient (Wildman–Crippen LogP) is 2.07. The molecule has 4 N–H and O–H groups in total. The highest BCUT2D eigenvalue weighted by molar-refractivity contribution is 7.89. The number of nitrogens with two attached hydrogens (primary N) is 1. The molecule has 22 heavy (non-hydrogen) atoms. The molecule has 0 unspecified atom stereocenters. The summed E-state index contributed by atoms with van der Waals surface area (Å²) in [6.07, 6.45) is 1.80. The fourth-order valence-electron chi connectivity index (χ4n) is 2.13. The number of anilines is 1. The number of aromatic amines is 1. The summed E-state index contributed by atoms with van der Waals surface area (Å²) in [5.74, 6) is -0.272. The summed E-state index contributed by atoms with van der Waals surface area (Å²) in [7, 11) is -3.73. The van der Waals surface area contributed by atoms with Crippen molar-refractivity contribution in [1.29, 1.82) is 0 Å². The van der Waals surface area contributed by atoms with Gasteiger partial charge in [-0.1, -0.05) is 0 Å². The fraction of sp³-hybridized carbons (Fsp3) is 0. The van der Waals surface area contributed by atoms with E-state index in [0.717, 1.165) is 10.9 Å². The van der Waals surface area contributed by atoms with Gasteiger partial charge < -0.3 is 10.3 Å². The lowest BCUT2D eigenvalue weighted by Crippen LogP contribution is -2.13. The van der Waals surface area contributed by atoms with Gasteiger partial charge in [-0.2, -0.15) is 0 Å². The number of fused-ring (bicyclic) bond motifs is 1. The molecule has 112 valence electrons. The van der Waals surface area contributed by atoms with E-state index >= 15 is 0 Å². The number of hydrogen-bond donors (Lipinski definition) is 3. The Kier molecular flexibility index (Phi) is 3.44. The van der Waals surface area contributed by atoms with E-state index in [0.29, 0.717) is 11.3 Å². The number of rotatable bonds is 3. The van der Waals surface area contributed by atoms with E-state index in [9.17, 15) is 13.2 Å². The van der Waals surface area contributed by atoms with Crippen molar-refractivity contribution < 1.29 is 13.2 Å². The van der Waals surface area contributed by atoms with Crippen molar-refractivity contribution in [2.75, 3.05) is 5.32 Å². The zero-order valence-electron chi connectivity index (χ0n) is 11.4. The van der Waals surface area contributed by atoms with Crippen molar-refractivity contribution in [1.82, 2.24) is 4.98 Å². The van der Waals surface area contributed by atoms with Gasteiger partial charge >= 0.3 is 0 Å². The van der Waals surface area contributed by atoms with E-state index < -0.39 is 10.0 Å². The van der Waals surface area contributed by atoms with Crippen LogP contribution >= 0.6 is 0 Å². The number of carbonyl (C=O) groups excluding carboxylic acids is 1. The van der Waals surface area contributed by atoms with Gasteiger partial charge in [-0.3, -0.25) is 4.79 Å². The number of primary sulfonamides is 1. The summed E-state index contributed by atoms with van der Waals surface area (Å²) in [6.45, 7) is 0. The van der Waals surface area contributed by atoms with Gasteiger partial charge in [0.05, 0.1) is 4.90 Å². The van der Waals surface area contributed by atoms with Crippen LogP contribution in [0.2, 0.25) is 0 Å². The van der Waals surface area contributed by atoms with Crippen LogP contribution in [0.5, 0.6) is 0 Å². The van der Waals surface area contributed by atoms with Gasteiger partial charge in [0.25, 0.3) is 5.91 Å². The molecule has 1 heterocycles. The van der Waals surface area contributed by atoms with E-state index in [1.165, 1.54) is 24.3 Å². The maximum Gasteiger partial charge on any atom is 0.255 e. The molecule has 6 nitrogen and oxygen atoms in total. The van der Waals surface area contributed by atoms with E-state index in [-0.39, 0.29) is 10.8 Å². The molecule has 0 aliphatic carbocycles. The van der Waals surface area contributed by atoms with Crippen LogP contribution in [0.25, 0.3) is 10.9 Å². The first-order valence-corrected chi connectivity index (χ1v) is 7.99. The Hall–Kier alpha value is -2.64. The zero-order valence-corrected chi connectivity index (χ0v) is 12.2. The lowest BCUT2D eigenvalue weighted by atomic mass is 10.1. The summed E-state index contributed by atoms with van der Waals surface area (Å²) in [6, 6.07) is 12.9. The summed E-state index contributed by atoms with van der Waals surface area (Å²) in [5, 5.41) is 8.67. The maximum atomic E-state index is 12.2. The maximum absolute atomic E-state index is 12.2. The van der Waals surface area contributed by atoms with Crippen molar-refractivity contribution in [3.05, 3.63) is 60.3 Å². The molecule has 0 spiro atoms. The van der Waals surface area contributed by atoms with Crippen LogP contribution in [-0.4, -0.2) is 19.3 Å². The molecular weight excluding hydrogens is 302 g/mol. The van der Waals surface area contributed by atoms with Gasteiger partial charge in [0.15, 0.2) is 0 Å². The number of H-pyrrole nitrogens is 1. The molecular formula is C15H13N3O3S. The van der Waals surface area contributed by atoms with E-state index in [1.807, 2.05) is 12.1 Å². The molecule has 0 saturated heterocycles. The number of nitrogens with one attached hydrogen (secondary N) is 2. The Morgan fingerprint density at radius 3 is 2.45 bits per heavy atom. The van der Waals surface area contributed by atoms with E-state index in [2.05, 4.69) is 10.3 Å². The van der Waals surface area contributed by atoms with Gasteiger partial charge in [-0.15, -0.1) is 0 Å². The molecule has 0 saturated carbocycles. The smallest absolute Gasteiger partial charge is 0.255 e. The topological polar surface area (TPSA) is 105 Å². The van der Waals surface area contributed by atoms with Crippen molar-refractivity contribution in [2.45, 2.75) is 4.90 Å². The summed E-state index contributed by atoms with van der Waals surface area (Å²) < 4.78 is 22.3. The number of carbonyl (C=O) groups is 1. The predicted molar refractivity (Wildman–Crippen MR) is 84.1 cm³/mol. The third-order valence-electron chi connectivity index (χ3n) is 3.26. The van der Waals surface area contributed by atoms with Gasteiger partial charge in [-0.05, 0) is 48.5 Å². The van der Waals surface area contributed by atoms with Crippen LogP contribution in [-0.2, 0) is 10.0 Å². The first-order chi connectivity index (χ1) is 10.4. The molecule has 0 atom stereocenters.